The highest BCUT2D eigenvalue weighted by atomic mass is 35.5. The Morgan fingerprint density at radius 1 is 1.16 bits per heavy atom. The van der Waals surface area contributed by atoms with Crippen LogP contribution in [0.2, 0.25) is 10.0 Å². The third kappa shape index (κ3) is 4.51. The number of benzene rings is 2. The van der Waals surface area contributed by atoms with E-state index in [-0.39, 0.29) is 5.91 Å². The first kappa shape index (κ1) is 17.7. The first-order chi connectivity index (χ1) is 12.0. The summed E-state index contributed by atoms with van der Waals surface area (Å²) in [6.07, 6.45) is 2.48. The summed E-state index contributed by atoms with van der Waals surface area (Å²) >= 11 is 13.3. The predicted octanol–water partition coefficient (Wildman–Crippen LogP) is 5.30. The maximum atomic E-state index is 12.5. The lowest BCUT2D eigenvalue weighted by Gasteiger charge is -2.08. The average Bonchev–Trinajstić information content (AvgIpc) is 3.03. The molecule has 3 rings (SSSR count). The minimum Gasteiger partial charge on any atom is -0.496 e. The van der Waals surface area contributed by atoms with Crippen LogP contribution < -0.4 is 10.1 Å². The van der Waals surface area contributed by atoms with E-state index in [2.05, 4.69) is 10.3 Å². The number of hydrogen-bond acceptors (Lipinski definition) is 4. The van der Waals surface area contributed by atoms with E-state index in [4.69, 9.17) is 27.9 Å². The lowest BCUT2D eigenvalue weighted by atomic mass is 10.1. The second kappa shape index (κ2) is 7.87. The quantitative estimate of drug-likeness (QED) is 0.640. The molecule has 25 heavy (non-hydrogen) atoms. The Hall–Kier alpha value is -2.08. The predicted molar refractivity (Wildman–Crippen MR) is 102 cm³/mol. The molecule has 1 amide bonds. The van der Waals surface area contributed by atoms with Crippen molar-refractivity contribution >= 4 is 45.6 Å². The summed E-state index contributed by atoms with van der Waals surface area (Å²) in [5.41, 5.74) is 1.49. The molecule has 0 unspecified atom stereocenters. The lowest BCUT2D eigenvalue weighted by molar-refractivity contribution is 0.102. The molecule has 2 aromatic carbocycles. The zero-order valence-corrected chi connectivity index (χ0v) is 15.6. The molecule has 7 heteroatoms. The van der Waals surface area contributed by atoms with Gasteiger partial charge in [-0.15, -0.1) is 11.3 Å². The van der Waals surface area contributed by atoms with Crippen molar-refractivity contribution in [2.75, 3.05) is 12.4 Å². The van der Waals surface area contributed by atoms with Gasteiger partial charge in [-0.05, 0) is 35.9 Å². The molecular weight excluding hydrogens is 379 g/mol. The third-order valence-corrected chi connectivity index (χ3v) is 4.87. The summed E-state index contributed by atoms with van der Waals surface area (Å²) in [6, 6.07) is 12.5. The molecular formula is C18H14Cl2N2O2S. The van der Waals surface area contributed by atoms with Gasteiger partial charge in [0, 0.05) is 27.5 Å². The van der Waals surface area contributed by atoms with Crippen LogP contribution in [0.15, 0.2) is 48.7 Å². The van der Waals surface area contributed by atoms with Gasteiger partial charge in [-0.25, -0.2) is 4.98 Å². The molecule has 0 aliphatic rings. The number of amides is 1. The van der Waals surface area contributed by atoms with Crippen LogP contribution in [0.25, 0.3) is 0 Å². The number of rotatable bonds is 5. The number of nitrogens with zero attached hydrogens (tertiary/aromatic N) is 1. The maximum Gasteiger partial charge on any atom is 0.261 e. The van der Waals surface area contributed by atoms with Crippen LogP contribution in [0.4, 0.5) is 5.13 Å². The number of carbonyl (C=O) groups excluding carboxylic acids is 1. The summed E-state index contributed by atoms with van der Waals surface area (Å²) in [6.45, 7) is 0. The Morgan fingerprint density at radius 3 is 2.60 bits per heavy atom. The first-order valence-corrected chi connectivity index (χ1v) is 8.96. The second-order valence-electron chi connectivity index (χ2n) is 5.23. The van der Waals surface area contributed by atoms with Gasteiger partial charge in [0.2, 0.25) is 0 Å². The number of carbonyl (C=O) groups is 1. The molecule has 4 nitrogen and oxygen atoms in total. The molecule has 0 aliphatic carbocycles. The van der Waals surface area contributed by atoms with Crippen LogP contribution in [-0.4, -0.2) is 18.0 Å². The van der Waals surface area contributed by atoms with Crippen LogP contribution in [0.1, 0.15) is 20.8 Å². The van der Waals surface area contributed by atoms with Crippen molar-refractivity contribution in [2.45, 2.75) is 6.42 Å². The zero-order chi connectivity index (χ0) is 17.8. The van der Waals surface area contributed by atoms with Crippen molar-refractivity contribution in [1.29, 1.82) is 0 Å². The molecule has 0 saturated heterocycles. The van der Waals surface area contributed by atoms with Crippen molar-refractivity contribution in [3.8, 4) is 5.75 Å². The molecule has 0 saturated carbocycles. The zero-order valence-electron chi connectivity index (χ0n) is 13.3. The van der Waals surface area contributed by atoms with E-state index in [0.29, 0.717) is 26.5 Å². The van der Waals surface area contributed by atoms with Crippen molar-refractivity contribution < 1.29 is 9.53 Å². The number of halogens is 2. The minimum absolute atomic E-state index is 0.313. The van der Waals surface area contributed by atoms with Crippen molar-refractivity contribution in [1.82, 2.24) is 4.98 Å². The van der Waals surface area contributed by atoms with Gasteiger partial charge in [-0.2, -0.15) is 0 Å². The number of nitrogens with one attached hydrogen (secondary N) is 1. The van der Waals surface area contributed by atoms with Crippen molar-refractivity contribution in [3.05, 3.63) is 74.7 Å². The molecule has 128 valence electrons. The Morgan fingerprint density at radius 2 is 1.88 bits per heavy atom. The smallest absolute Gasteiger partial charge is 0.261 e. The van der Waals surface area contributed by atoms with Crippen LogP contribution in [-0.2, 0) is 6.42 Å². The largest absolute Gasteiger partial charge is 0.496 e. The highest BCUT2D eigenvalue weighted by Crippen LogP contribution is 2.26. The minimum atomic E-state index is -0.313. The summed E-state index contributed by atoms with van der Waals surface area (Å²) in [7, 11) is 1.51. The SMILES string of the molecule is COc1ccc(Cl)cc1C(=O)Nc1ncc(Cc2ccc(Cl)cc2)s1. The van der Waals surface area contributed by atoms with Gasteiger partial charge in [0.05, 0.1) is 12.7 Å². The highest BCUT2D eigenvalue weighted by molar-refractivity contribution is 7.15. The van der Waals surface area contributed by atoms with E-state index < -0.39 is 0 Å². The first-order valence-electron chi connectivity index (χ1n) is 7.39. The number of thiazole rings is 1. The molecule has 3 aromatic rings. The van der Waals surface area contributed by atoms with Gasteiger partial charge >= 0.3 is 0 Å². The van der Waals surface area contributed by atoms with Gasteiger partial charge in [-0.1, -0.05) is 35.3 Å². The van der Waals surface area contributed by atoms with Crippen LogP contribution in [0.5, 0.6) is 5.75 Å². The number of hydrogen-bond donors (Lipinski definition) is 1. The lowest BCUT2D eigenvalue weighted by Crippen LogP contribution is -2.12. The maximum absolute atomic E-state index is 12.5. The van der Waals surface area contributed by atoms with Crippen LogP contribution >= 0.6 is 34.5 Å². The standard InChI is InChI=1S/C18H14Cl2N2O2S/c1-24-16-7-6-13(20)9-15(16)17(23)22-18-21-10-14(25-18)8-11-2-4-12(19)5-3-11/h2-7,9-10H,8H2,1H3,(H,21,22,23). The highest BCUT2D eigenvalue weighted by Gasteiger charge is 2.15. The number of ether oxygens (including phenoxy) is 1. The fraction of sp³-hybridized carbons (Fsp3) is 0.111. The van der Waals surface area contributed by atoms with Gasteiger partial charge < -0.3 is 4.74 Å². The van der Waals surface area contributed by atoms with E-state index in [1.165, 1.54) is 18.4 Å². The molecule has 0 radical (unpaired) electrons. The molecule has 0 bridgehead atoms. The van der Waals surface area contributed by atoms with E-state index in [1.54, 1.807) is 24.4 Å². The molecule has 0 aliphatic heterocycles. The monoisotopic (exact) mass is 392 g/mol. The number of methoxy groups -OCH3 is 1. The molecule has 0 atom stereocenters. The van der Waals surface area contributed by atoms with Gasteiger partial charge in [0.25, 0.3) is 5.91 Å². The average molecular weight is 393 g/mol. The van der Waals surface area contributed by atoms with Gasteiger partial charge in [0.15, 0.2) is 5.13 Å². The van der Waals surface area contributed by atoms with E-state index in [9.17, 15) is 4.79 Å². The van der Waals surface area contributed by atoms with Crippen LogP contribution in [0, 0.1) is 0 Å². The van der Waals surface area contributed by atoms with Crippen molar-refractivity contribution in [2.24, 2.45) is 0 Å². The Bertz CT molecular complexity index is 894. The fourth-order valence-electron chi connectivity index (χ4n) is 2.27. The van der Waals surface area contributed by atoms with Crippen LogP contribution in [0.3, 0.4) is 0 Å². The topological polar surface area (TPSA) is 51.2 Å². The Balaban J connectivity index is 1.72. The summed E-state index contributed by atoms with van der Waals surface area (Å²) in [5.74, 6) is 0.145. The van der Waals surface area contributed by atoms with Crippen molar-refractivity contribution in [3.63, 3.8) is 0 Å². The molecule has 1 N–H and O–H groups in total. The van der Waals surface area contributed by atoms with Gasteiger partial charge in [0.1, 0.15) is 5.75 Å². The van der Waals surface area contributed by atoms with E-state index in [1.807, 2.05) is 24.3 Å². The Labute approximate surface area is 159 Å². The van der Waals surface area contributed by atoms with E-state index >= 15 is 0 Å². The molecule has 0 spiro atoms. The third-order valence-electron chi connectivity index (χ3n) is 3.47. The number of aromatic nitrogens is 1. The Kier molecular flexibility index (Phi) is 5.58. The summed E-state index contributed by atoms with van der Waals surface area (Å²) in [5, 5.41) is 4.48. The molecule has 1 aromatic heterocycles. The fourth-order valence-corrected chi connectivity index (χ4v) is 3.41. The molecule has 1 heterocycles. The number of anilines is 1. The summed E-state index contributed by atoms with van der Waals surface area (Å²) in [4.78, 5) is 17.8. The van der Waals surface area contributed by atoms with Gasteiger partial charge in [-0.3, -0.25) is 10.1 Å². The second-order valence-corrected chi connectivity index (χ2v) is 7.22. The normalized spacial score (nSPS) is 10.5. The van der Waals surface area contributed by atoms with E-state index in [0.717, 1.165) is 16.9 Å². The molecule has 0 fully saturated rings. The summed E-state index contributed by atoms with van der Waals surface area (Å²) < 4.78 is 5.21.